The minimum absolute atomic E-state index is 0.152. The van der Waals surface area contributed by atoms with E-state index in [1.54, 1.807) is 12.3 Å². The van der Waals surface area contributed by atoms with Crippen LogP contribution >= 0.6 is 0 Å². The molecule has 0 saturated carbocycles. The van der Waals surface area contributed by atoms with E-state index < -0.39 is 24.1 Å². The van der Waals surface area contributed by atoms with Gasteiger partial charge in [-0.15, -0.1) is 0 Å². The fourth-order valence-corrected chi connectivity index (χ4v) is 2.17. The van der Waals surface area contributed by atoms with Crippen LogP contribution in [0.3, 0.4) is 0 Å². The molecule has 0 amide bonds. The van der Waals surface area contributed by atoms with Gasteiger partial charge in [0, 0.05) is 17.4 Å². The number of aliphatic carboxylic acids is 1. The van der Waals surface area contributed by atoms with Crippen LogP contribution in [0.1, 0.15) is 11.3 Å². The largest absolute Gasteiger partial charge is 0.493 e. The summed E-state index contributed by atoms with van der Waals surface area (Å²) in [6.45, 7) is -0.602. The monoisotopic (exact) mass is 285 g/mol. The van der Waals surface area contributed by atoms with Crippen molar-refractivity contribution in [2.45, 2.75) is 6.54 Å². The minimum atomic E-state index is -1.21. The van der Waals surface area contributed by atoms with Gasteiger partial charge in [-0.05, 0) is 12.1 Å². The quantitative estimate of drug-likeness (QED) is 0.788. The van der Waals surface area contributed by atoms with E-state index in [2.05, 4.69) is 9.98 Å². The average Bonchev–Trinajstić information content (AvgIpc) is 2.96. The molecular formula is C14H11N3O4. The molecule has 0 unspecified atom stereocenters. The third kappa shape index (κ3) is 2.25. The van der Waals surface area contributed by atoms with Crippen LogP contribution in [0.15, 0.2) is 34.1 Å². The van der Waals surface area contributed by atoms with E-state index in [-0.39, 0.29) is 5.69 Å². The minimum Gasteiger partial charge on any atom is -0.493 e. The van der Waals surface area contributed by atoms with E-state index in [0.29, 0.717) is 0 Å². The molecule has 0 radical (unpaired) electrons. The van der Waals surface area contributed by atoms with Crippen molar-refractivity contribution in [1.29, 1.82) is 0 Å². The van der Waals surface area contributed by atoms with Gasteiger partial charge in [0.1, 0.15) is 12.2 Å². The van der Waals surface area contributed by atoms with Crippen LogP contribution in [0, 0.1) is 0 Å². The van der Waals surface area contributed by atoms with Gasteiger partial charge in [-0.2, -0.15) is 0 Å². The smallest absolute Gasteiger partial charge is 0.329 e. The first-order valence-corrected chi connectivity index (χ1v) is 6.15. The maximum Gasteiger partial charge on any atom is 0.329 e. The number of nitrogens with zero attached hydrogens (tertiary/aromatic N) is 2. The maximum absolute atomic E-state index is 11.6. The first-order valence-electron chi connectivity index (χ1n) is 6.15. The lowest BCUT2D eigenvalue weighted by Gasteiger charge is -2.00. The molecule has 7 nitrogen and oxygen atoms in total. The maximum atomic E-state index is 11.6. The summed E-state index contributed by atoms with van der Waals surface area (Å²) in [7, 11) is 0. The summed E-state index contributed by atoms with van der Waals surface area (Å²) in [6, 6.07) is 7.45. The molecule has 0 atom stereocenters. The molecule has 1 aliphatic heterocycles. The molecule has 0 saturated heterocycles. The van der Waals surface area contributed by atoms with Gasteiger partial charge in [0.15, 0.2) is 0 Å². The van der Waals surface area contributed by atoms with Crippen molar-refractivity contribution in [1.82, 2.24) is 9.55 Å². The number of fused-ring (bicyclic) bond motifs is 1. The van der Waals surface area contributed by atoms with Crippen LogP contribution < -0.4 is 5.69 Å². The molecule has 3 rings (SSSR count). The van der Waals surface area contributed by atoms with Gasteiger partial charge in [-0.3, -0.25) is 14.4 Å². The summed E-state index contributed by atoms with van der Waals surface area (Å²) in [6.07, 6.45) is 3.18. The number of hydrogen-bond donors (Lipinski definition) is 3. The van der Waals surface area contributed by atoms with Gasteiger partial charge in [-0.25, -0.2) is 4.79 Å². The lowest BCUT2D eigenvalue weighted by atomic mass is 10.1. The van der Waals surface area contributed by atoms with E-state index in [1.165, 1.54) is 0 Å². The predicted octanol–water partition coefficient (Wildman–Crippen LogP) is 1.22. The Kier molecular flexibility index (Phi) is 2.94. The Morgan fingerprint density at radius 1 is 1.38 bits per heavy atom. The zero-order valence-electron chi connectivity index (χ0n) is 10.8. The van der Waals surface area contributed by atoms with Crippen molar-refractivity contribution in [3.8, 4) is 5.88 Å². The summed E-state index contributed by atoms with van der Waals surface area (Å²) < 4.78 is 0.757. The van der Waals surface area contributed by atoms with E-state index in [9.17, 15) is 14.7 Å². The van der Waals surface area contributed by atoms with Gasteiger partial charge >= 0.3 is 11.7 Å². The first kappa shape index (κ1) is 12.9. The zero-order chi connectivity index (χ0) is 15.0. The number of carboxylic acid groups (broad SMARTS) is 1. The number of aromatic nitrogens is 2. The van der Waals surface area contributed by atoms with Crippen molar-refractivity contribution in [2.75, 3.05) is 0 Å². The highest BCUT2D eigenvalue weighted by molar-refractivity contribution is 6.21. The number of H-pyrrole nitrogens is 1. The summed E-state index contributed by atoms with van der Waals surface area (Å²) >= 11 is 0. The van der Waals surface area contributed by atoms with Crippen molar-refractivity contribution in [2.24, 2.45) is 4.99 Å². The van der Waals surface area contributed by atoms with Crippen LogP contribution in [0.25, 0.3) is 11.6 Å². The first-order chi connectivity index (χ1) is 10.1. The van der Waals surface area contributed by atoms with Gasteiger partial charge in [0.2, 0.25) is 5.88 Å². The number of aromatic hydroxyl groups is 1. The molecule has 1 aromatic carbocycles. The number of imidazole rings is 1. The number of carbonyl (C=O) groups is 1. The summed E-state index contributed by atoms with van der Waals surface area (Å²) in [5.41, 5.74) is 1.88. The summed E-state index contributed by atoms with van der Waals surface area (Å²) in [5.74, 6) is -1.62. The van der Waals surface area contributed by atoms with Crippen LogP contribution in [-0.4, -0.2) is 31.9 Å². The standard InChI is InChI=1S/C14H11N3O4/c18-12(19)7-17-13(20)11(16-14(17)21)5-8-6-15-10-4-2-1-3-9(8)10/h1-6,20H,7H2,(H,16,21)(H,18,19)/b8-5-. The van der Waals surface area contributed by atoms with E-state index in [4.69, 9.17) is 5.11 Å². The molecule has 1 aromatic heterocycles. The number of rotatable bonds is 3. The van der Waals surface area contributed by atoms with Crippen molar-refractivity contribution in [3.63, 3.8) is 0 Å². The second kappa shape index (κ2) is 4.78. The summed E-state index contributed by atoms with van der Waals surface area (Å²) in [4.78, 5) is 29.0. The molecule has 0 bridgehead atoms. The van der Waals surface area contributed by atoms with Crippen LogP contribution in [0.5, 0.6) is 5.88 Å². The number of benzene rings is 1. The molecule has 3 N–H and O–H groups in total. The number of aliphatic imine (C=N–C) groups is 1. The van der Waals surface area contributed by atoms with Crippen molar-refractivity contribution < 1.29 is 15.0 Å². The van der Waals surface area contributed by atoms with E-state index in [1.807, 2.05) is 24.3 Å². The Hall–Kier alpha value is -3.09. The lowest BCUT2D eigenvalue weighted by Crippen LogP contribution is -2.21. The predicted molar refractivity (Wildman–Crippen MR) is 76.8 cm³/mol. The fourth-order valence-electron chi connectivity index (χ4n) is 2.17. The highest BCUT2D eigenvalue weighted by atomic mass is 16.4. The number of carboxylic acids is 1. The van der Waals surface area contributed by atoms with Crippen LogP contribution in [0.2, 0.25) is 0 Å². The molecule has 2 heterocycles. The third-order valence-electron chi connectivity index (χ3n) is 3.13. The number of allylic oxidation sites excluding steroid dienone is 1. The SMILES string of the molecule is O=C(O)Cn1c(O)c(/C=C2/C=Nc3ccccc32)[nH]c1=O. The molecule has 0 fully saturated rings. The van der Waals surface area contributed by atoms with Crippen LogP contribution in [0.4, 0.5) is 5.69 Å². The Bertz CT molecular complexity index is 842. The number of hydrogen-bond acceptors (Lipinski definition) is 4. The Balaban J connectivity index is 2.04. The van der Waals surface area contributed by atoms with Gasteiger partial charge in [0.25, 0.3) is 0 Å². The third-order valence-corrected chi connectivity index (χ3v) is 3.13. The lowest BCUT2D eigenvalue weighted by molar-refractivity contribution is -0.137. The summed E-state index contributed by atoms with van der Waals surface area (Å²) in [5, 5.41) is 18.7. The zero-order valence-corrected chi connectivity index (χ0v) is 10.8. The van der Waals surface area contributed by atoms with Crippen molar-refractivity contribution in [3.05, 3.63) is 46.0 Å². The second-order valence-corrected chi connectivity index (χ2v) is 4.52. The van der Waals surface area contributed by atoms with Crippen LogP contribution in [-0.2, 0) is 11.3 Å². The number of para-hydroxylation sites is 1. The van der Waals surface area contributed by atoms with Gasteiger partial charge in [-0.1, -0.05) is 18.2 Å². The Morgan fingerprint density at radius 3 is 2.90 bits per heavy atom. The molecule has 0 spiro atoms. The van der Waals surface area contributed by atoms with E-state index >= 15 is 0 Å². The number of nitrogens with one attached hydrogen (secondary N) is 1. The molecule has 1 aliphatic rings. The number of aromatic amines is 1. The molecule has 0 aliphatic carbocycles. The van der Waals surface area contributed by atoms with Gasteiger partial charge < -0.3 is 15.2 Å². The fraction of sp³-hybridized carbons (Fsp3) is 0.0714. The Morgan fingerprint density at radius 2 is 2.14 bits per heavy atom. The molecule has 106 valence electrons. The molecular weight excluding hydrogens is 274 g/mol. The average molecular weight is 285 g/mol. The molecule has 21 heavy (non-hydrogen) atoms. The Labute approximate surface area is 118 Å². The normalized spacial score (nSPS) is 14.6. The molecule has 2 aromatic rings. The second-order valence-electron chi connectivity index (χ2n) is 4.52. The van der Waals surface area contributed by atoms with Gasteiger partial charge in [0.05, 0.1) is 5.69 Å². The van der Waals surface area contributed by atoms with E-state index in [0.717, 1.165) is 21.4 Å². The highest BCUT2D eigenvalue weighted by Gasteiger charge is 2.16. The molecule has 7 heteroatoms. The highest BCUT2D eigenvalue weighted by Crippen LogP contribution is 2.32. The van der Waals surface area contributed by atoms with Crippen molar-refractivity contribution >= 4 is 29.5 Å². The topological polar surface area (TPSA) is 108 Å².